The average molecular weight is 403 g/mol. The van der Waals surface area contributed by atoms with Crippen LogP contribution in [0.3, 0.4) is 0 Å². The van der Waals surface area contributed by atoms with Crippen molar-refractivity contribution in [3.8, 4) is 5.75 Å². The third-order valence-corrected chi connectivity index (χ3v) is 7.19. The second kappa shape index (κ2) is 8.22. The largest absolute Gasteiger partial charge is 0.497 e. The molecule has 0 saturated heterocycles. The van der Waals surface area contributed by atoms with Gasteiger partial charge in [-0.15, -0.1) is 0 Å². The van der Waals surface area contributed by atoms with Crippen LogP contribution in [0.4, 0.5) is 5.69 Å². The minimum Gasteiger partial charge on any atom is -0.497 e. The molecule has 0 aliphatic heterocycles. The third-order valence-electron chi connectivity index (χ3n) is 5.39. The highest BCUT2D eigenvalue weighted by Gasteiger charge is 2.25. The lowest BCUT2D eigenvalue weighted by Crippen LogP contribution is -2.35. The van der Waals surface area contributed by atoms with Gasteiger partial charge in [0.25, 0.3) is 15.9 Å². The van der Waals surface area contributed by atoms with Gasteiger partial charge in [-0.05, 0) is 61.4 Å². The lowest BCUT2D eigenvalue weighted by atomic mass is 10.1. The summed E-state index contributed by atoms with van der Waals surface area (Å²) in [6.07, 6.45) is 4.41. The van der Waals surface area contributed by atoms with Gasteiger partial charge in [0.15, 0.2) is 0 Å². The number of hydrogen-bond donors (Lipinski definition) is 0. The van der Waals surface area contributed by atoms with Crippen LogP contribution in [0.1, 0.15) is 36.0 Å². The zero-order valence-electron chi connectivity index (χ0n) is 16.5. The SMILES string of the molecule is COc1ccc(S(=O)(=O)N(C)c2ccc(C(=O)N(C)C3CCCC3)cc2)cc1. The van der Waals surface area contributed by atoms with Crippen molar-refractivity contribution in [2.75, 3.05) is 25.5 Å². The van der Waals surface area contributed by atoms with E-state index in [0.29, 0.717) is 23.0 Å². The van der Waals surface area contributed by atoms with Gasteiger partial charge >= 0.3 is 0 Å². The van der Waals surface area contributed by atoms with Crippen molar-refractivity contribution in [3.63, 3.8) is 0 Å². The number of carbonyl (C=O) groups is 1. The summed E-state index contributed by atoms with van der Waals surface area (Å²) >= 11 is 0. The van der Waals surface area contributed by atoms with E-state index in [1.807, 2.05) is 7.05 Å². The summed E-state index contributed by atoms with van der Waals surface area (Å²) in [4.78, 5) is 14.7. The highest BCUT2D eigenvalue weighted by atomic mass is 32.2. The fraction of sp³-hybridized carbons (Fsp3) is 0.381. The summed E-state index contributed by atoms with van der Waals surface area (Å²) in [6, 6.07) is 13.2. The van der Waals surface area contributed by atoms with Crippen molar-refractivity contribution in [2.24, 2.45) is 0 Å². The Balaban J connectivity index is 1.77. The highest BCUT2D eigenvalue weighted by Crippen LogP contribution is 2.26. The van der Waals surface area contributed by atoms with Crippen molar-refractivity contribution >= 4 is 21.6 Å². The standard InChI is InChI=1S/C21H26N2O4S/c1-22(17-6-4-5-7-17)21(24)16-8-10-18(11-9-16)23(2)28(25,26)20-14-12-19(27-3)13-15-20/h8-15,17H,4-7H2,1-3H3. The predicted octanol–water partition coefficient (Wildman–Crippen LogP) is 3.53. The van der Waals surface area contributed by atoms with Crippen molar-refractivity contribution in [3.05, 3.63) is 54.1 Å². The van der Waals surface area contributed by atoms with Crippen LogP contribution in [0.25, 0.3) is 0 Å². The molecule has 2 aromatic rings. The predicted molar refractivity (Wildman–Crippen MR) is 109 cm³/mol. The lowest BCUT2D eigenvalue weighted by molar-refractivity contribution is 0.0735. The monoisotopic (exact) mass is 402 g/mol. The Morgan fingerprint density at radius 3 is 2.07 bits per heavy atom. The van der Waals surface area contributed by atoms with Crippen LogP contribution in [0.5, 0.6) is 5.75 Å². The molecule has 0 bridgehead atoms. The van der Waals surface area contributed by atoms with Gasteiger partial charge in [0.1, 0.15) is 5.75 Å². The first-order chi connectivity index (χ1) is 13.3. The Labute approximate surface area is 166 Å². The van der Waals surface area contributed by atoms with Crippen LogP contribution in [0, 0.1) is 0 Å². The van der Waals surface area contributed by atoms with E-state index in [0.717, 1.165) is 25.7 Å². The van der Waals surface area contributed by atoms with Gasteiger partial charge in [-0.3, -0.25) is 9.10 Å². The summed E-state index contributed by atoms with van der Waals surface area (Å²) < 4.78 is 32.0. The Hall–Kier alpha value is -2.54. The number of amides is 1. The van der Waals surface area contributed by atoms with Gasteiger partial charge in [-0.1, -0.05) is 12.8 Å². The molecule has 1 fully saturated rings. The van der Waals surface area contributed by atoms with E-state index in [9.17, 15) is 13.2 Å². The molecule has 0 radical (unpaired) electrons. The number of rotatable bonds is 6. The van der Waals surface area contributed by atoms with Crippen LogP contribution in [0.2, 0.25) is 0 Å². The van der Waals surface area contributed by atoms with Gasteiger partial charge in [0.2, 0.25) is 0 Å². The highest BCUT2D eigenvalue weighted by molar-refractivity contribution is 7.92. The zero-order valence-corrected chi connectivity index (χ0v) is 17.3. The Kier molecular flexibility index (Phi) is 5.93. The molecular formula is C21H26N2O4S. The summed E-state index contributed by atoms with van der Waals surface area (Å²) in [5.74, 6) is 0.565. The van der Waals surface area contributed by atoms with Gasteiger partial charge in [-0.2, -0.15) is 0 Å². The minimum atomic E-state index is -3.70. The summed E-state index contributed by atoms with van der Waals surface area (Å²) in [5, 5.41) is 0. The molecule has 0 aromatic heterocycles. The smallest absolute Gasteiger partial charge is 0.264 e. The molecule has 28 heavy (non-hydrogen) atoms. The maximum absolute atomic E-state index is 12.8. The van der Waals surface area contributed by atoms with Crippen LogP contribution >= 0.6 is 0 Å². The molecule has 0 unspecified atom stereocenters. The van der Waals surface area contributed by atoms with E-state index >= 15 is 0 Å². The van der Waals surface area contributed by atoms with Gasteiger partial charge in [0, 0.05) is 25.7 Å². The molecule has 0 atom stereocenters. The quantitative estimate of drug-likeness (QED) is 0.741. The maximum atomic E-state index is 12.8. The molecule has 0 heterocycles. The van der Waals surface area contributed by atoms with E-state index in [2.05, 4.69) is 0 Å². The molecule has 1 amide bonds. The first-order valence-corrected chi connectivity index (χ1v) is 10.8. The molecule has 1 saturated carbocycles. The van der Waals surface area contributed by atoms with E-state index in [-0.39, 0.29) is 10.8 Å². The topological polar surface area (TPSA) is 66.9 Å². The first kappa shape index (κ1) is 20.2. The number of methoxy groups -OCH3 is 1. The second-order valence-electron chi connectivity index (χ2n) is 7.05. The second-order valence-corrected chi connectivity index (χ2v) is 9.02. The molecule has 6 nitrogen and oxygen atoms in total. The molecule has 1 aliphatic rings. The van der Waals surface area contributed by atoms with Crippen LogP contribution < -0.4 is 9.04 Å². The third kappa shape index (κ3) is 3.99. The van der Waals surface area contributed by atoms with Gasteiger partial charge in [0.05, 0.1) is 17.7 Å². The maximum Gasteiger partial charge on any atom is 0.264 e. The van der Waals surface area contributed by atoms with E-state index < -0.39 is 10.0 Å². The van der Waals surface area contributed by atoms with Crippen LogP contribution in [-0.2, 0) is 10.0 Å². The van der Waals surface area contributed by atoms with Gasteiger partial charge < -0.3 is 9.64 Å². The zero-order chi connectivity index (χ0) is 20.3. The van der Waals surface area contributed by atoms with Crippen molar-refractivity contribution in [1.29, 1.82) is 0 Å². The molecule has 0 spiro atoms. The van der Waals surface area contributed by atoms with Gasteiger partial charge in [-0.25, -0.2) is 8.42 Å². The van der Waals surface area contributed by atoms with Crippen LogP contribution in [0.15, 0.2) is 53.4 Å². The number of ether oxygens (including phenoxy) is 1. The Morgan fingerprint density at radius 1 is 0.964 bits per heavy atom. The molecule has 150 valence electrons. The first-order valence-electron chi connectivity index (χ1n) is 9.35. The molecule has 1 aliphatic carbocycles. The number of hydrogen-bond acceptors (Lipinski definition) is 4. The summed E-state index contributed by atoms with van der Waals surface area (Å²) in [6.45, 7) is 0. The van der Waals surface area contributed by atoms with Crippen molar-refractivity contribution in [2.45, 2.75) is 36.6 Å². The van der Waals surface area contributed by atoms with Crippen molar-refractivity contribution < 1.29 is 17.9 Å². The lowest BCUT2D eigenvalue weighted by Gasteiger charge is -2.25. The summed E-state index contributed by atoms with van der Waals surface area (Å²) in [5.41, 5.74) is 1.06. The van der Waals surface area contributed by atoms with Crippen molar-refractivity contribution in [1.82, 2.24) is 4.90 Å². The number of nitrogens with zero attached hydrogens (tertiary/aromatic N) is 2. The molecule has 3 rings (SSSR count). The molecule has 0 N–H and O–H groups in total. The molecule has 2 aromatic carbocycles. The number of anilines is 1. The summed E-state index contributed by atoms with van der Waals surface area (Å²) in [7, 11) is 1.17. The fourth-order valence-electron chi connectivity index (χ4n) is 3.52. The molecule has 7 heteroatoms. The average Bonchev–Trinajstić information content (AvgIpc) is 3.27. The van der Waals surface area contributed by atoms with Crippen LogP contribution in [-0.4, -0.2) is 46.5 Å². The molecular weight excluding hydrogens is 376 g/mol. The normalized spacial score (nSPS) is 14.7. The Morgan fingerprint density at radius 2 is 1.54 bits per heavy atom. The fourth-order valence-corrected chi connectivity index (χ4v) is 4.72. The van der Waals surface area contributed by atoms with E-state index in [4.69, 9.17) is 4.74 Å². The number of sulfonamides is 1. The number of carbonyl (C=O) groups excluding carboxylic acids is 1. The number of benzene rings is 2. The van der Waals surface area contributed by atoms with E-state index in [1.165, 1.54) is 30.6 Å². The minimum absolute atomic E-state index is 0.0286. The Bertz CT molecular complexity index is 918. The van der Waals surface area contributed by atoms with E-state index in [1.54, 1.807) is 41.3 Å².